The van der Waals surface area contributed by atoms with Crippen LogP contribution in [0.3, 0.4) is 0 Å². The van der Waals surface area contributed by atoms with Crippen LogP contribution in [0, 0.1) is 17.8 Å². The predicted molar refractivity (Wildman–Crippen MR) is 196 cm³/mol. The molecule has 0 aromatic carbocycles. The maximum Gasteiger partial charge on any atom is 0.309 e. The average Bonchev–Trinajstić information content (AvgIpc) is 3.70. The first-order valence-electron chi connectivity index (χ1n) is 18.7. The Kier molecular flexibility index (Phi) is 16.7. The normalized spacial score (nSPS) is 37.3. The van der Waals surface area contributed by atoms with Gasteiger partial charge in [0.05, 0.1) is 43.0 Å². The molecule has 4 N–H and O–H groups in total. The highest BCUT2D eigenvalue weighted by molar-refractivity contribution is 5.88. The maximum absolute atomic E-state index is 13.4. The Hall–Kier alpha value is -2.73. The molecule has 0 aromatic heterocycles. The van der Waals surface area contributed by atoms with Gasteiger partial charge in [-0.15, -0.1) is 0 Å². The number of ether oxygens (including phenoxy) is 3. The maximum atomic E-state index is 13.4. The zero-order chi connectivity index (χ0) is 38.0. The smallest absolute Gasteiger partial charge is 0.309 e. The van der Waals surface area contributed by atoms with Crippen LogP contribution >= 0.6 is 0 Å². The fourth-order valence-electron chi connectivity index (χ4n) is 7.01. The third-order valence-corrected chi connectivity index (χ3v) is 10.8. The number of carbonyl (C=O) groups excluding carboxylic acids is 3. The summed E-state index contributed by atoms with van der Waals surface area (Å²) >= 11 is 0. The molecule has 2 saturated heterocycles. The van der Waals surface area contributed by atoms with Gasteiger partial charge in [-0.2, -0.15) is 0 Å². The van der Waals surface area contributed by atoms with Gasteiger partial charge in [0.25, 0.3) is 0 Å². The molecule has 0 radical (unpaired) electrons. The van der Waals surface area contributed by atoms with Crippen LogP contribution in [-0.2, 0) is 28.6 Å². The highest BCUT2D eigenvalue weighted by atomic mass is 16.6. The van der Waals surface area contributed by atoms with Crippen molar-refractivity contribution < 1.29 is 49.0 Å². The minimum Gasteiger partial charge on any atom is -0.455 e. The molecule has 2 fully saturated rings. The van der Waals surface area contributed by atoms with Gasteiger partial charge in [0.2, 0.25) is 0 Å². The second kappa shape index (κ2) is 19.9. The van der Waals surface area contributed by atoms with E-state index < -0.39 is 72.7 Å². The van der Waals surface area contributed by atoms with Gasteiger partial charge < -0.3 is 34.6 Å². The number of esters is 1. The van der Waals surface area contributed by atoms with Crippen molar-refractivity contribution in [3.05, 3.63) is 59.8 Å². The summed E-state index contributed by atoms with van der Waals surface area (Å²) in [7, 11) is 0. The summed E-state index contributed by atoms with van der Waals surface area (Å²) in [5.41, 5.74) is 2.34. The lowest BCUT2D eigenvalue weighted by molar-refractivity contribution is -0.158. The van der Waals surface area contributed by atoms with Gasteiger partial charge in [0.1, 0.15) is 29.9 Å². The number of hydrogen-bond donors (Lipinski definition) is 4. The Morgan fingerprint density at radius 1 is 1.00 bits per heavy atom. The number of aliphatic hydroxyl groups excluding tert-OH is 4. The van der Waals surface area contributed by atoms with Crippen LogP contribution in [0.15, 0.2) is 59.8 Å². The summed E-state index contributed by atoms with van der Waals surface area (Å²) in [4.78, 5) is 39.5. The van der Waals surface area contributed by atoms with E-state index in [0.717, 1.165) is 24.8 Å². The zero-order valence-electron chi connectivity index (χ0n) is 31.5. The topological polar surface area (TPSA) is 160 Å². The Bertz CT molecular complexity index is 1330. The van der Waals surface area contributed by atoms with Crippen LogP contribution in [-0.4, -0.2) is 92.9 Å². The molecular weight excluding hydrogens is 652 g/mol. The van der Waals surface area contributed by atoms with Crippen LogP contribution in [0.2, 0.25) is 0 Å². The number of unbranched alkanes of at least 4 members (excludes halogenated alkanes) is 1. The molecule has 0 aromatic rings. The molecule has 0 amide bonds. The van der Waals surface area contributed by atoms with Gasteiger partial charge in [0.15, 0.2) is 0 Å². The van der Waals surface area contributed by atoms with Crippen LogP contribution in [0.1, 0.15) is 106 Å². The van der Waals surface area contributed by atoms with Crippen molar-refractivity contribution in [3.8, 4) is 0 Å². The number of hydrogen-bond acceptors (Lipinski definition) is 10. The van der Waals surface area contributed by atoms with E-state index in [0.29, 0.717) is 30.4 Å². The third kappa shape index (κ3) is 12.4. The molecular formula is C41H62O10. The van der Waals surface area contributed by atoms with Crippen molar-refractivity contribution >= 4 is 17.5 Å². The van der Waals surface area contributed by atoms with Crippen molar-refractivity contribution in [2.75, 3.05) is 0 Å². The molecule has 10 heteroatoms. The van der Waals surface area contributed by atoms with E-state index in [1.165, 1.54) is 0 Å². The van der Waals surface area contributed by atoms with Crippen molar-refractivity contribution in [2.24, 2.45) is 17.8 Å². The fraction of sp³-hybridized carbons (Fsp3) is 0.683. The lowest BCUT2D eigenvalue weighted by Gasteiger charge is -2.26. The van der Waals surface area contributed by atoms with Gasteiger partial charge >= 0.3 is 5.97 Å². The molecule has 3 heterocycles. The highest BCUT2D eigenvalue weighted by Crippen LogP contribution is 2.34. The van der Waals surface area contributed by atoms with E-state index in [9.17, 15) is 34.8 Å². The van der Waals surface area contributed by atoms with E-state index in [-0.39, 0.29) is 48.7 Å². The van der Waals surface area contributed by atoms with Gasteiger partial charge in [-0.25, -0.2) is 0 Å². The monoisotopic (exact) mass is 714 g/mol. The molecule has 0 saturated carbocycles. The van der Waals surface area contributed by atoms with Gasteiger partial charge in [-0.05, 0) is 74.7 Å². The standard InChI is InChI=1S/C41H62O10/c1-9-10-12-23(2)39(46)24(3)13-11-14-34-35-16-15-31(49-35)20-30(42)18-26(5)32(43)21-33(44)29(8)25(4)17-28(7)40(47)41(48)37-19-27(6)36(50-37)22-38(45)51-34/h11,13-14,17,26-27,29,31,33-37,39-41,44,46-48H,2,7,9-10,12,15-16,18-22H2,1,3-6,8H3/b14-11+,24-13+,25-17+/t26-,27+,29+,31+,33-,34+,35+,36-,37?,39-,40+,41+/m0/s1. The molecule has 51 heavy (non-hydrogen) atoms. The van der Waals surface area contributed by atoms with E-state index in [2.05, 4.69) is 20.1 Å². The zero-order valence-corrected chi connectivity index (χ0v) is 31.5. The number of aliphatic hydroxyl groups is 4. The van der Waals surface area contributed by atoms with Crippen LogP contribution in [0.25, 0.3) is 0 Å². The molecule has 0 aliphatic carbocycles. The SMILES string of the molecule is C=C1/C=C(\C)[C@@H](C)[C@@H](O)CC(=O)[C@@H](C)CC(=O)C[C@H]2CC[C@@H](O2)[C@@H](/C=C/C=C(\C)[C@@H](O)C(=C)CCCC)OC(=O)C[C@@H]2OC(C[C@H]2C)[C@@H](O)[C@@H]1O. The summed E-state index contributed by atoms with van der Waals surface area (Å²) in [6, 6.07) is 0. The molecule has 3 aliphatic rings. The second-order valence-electron chi connectivity index (χ2n) is 15.2. The lowest BCUT2D eigenvalue weighted by Crippen LogP contribution is -2.38. The van der Waals surface area contributed by atoms with Crippen molar-refractivity contribution in [2.45, 2.75) is 161 Å². The summed E-state index contributed by atoms with van der Waals surface area (Å²) in [6.07, 6.45) is 3.42. The van der Waals surface area contributed by atoms with E-state index >= 15 is 0 Å². The lowest BCUT2D eigenvalue weighted by atomic mass is 9.87. The number of Topliss-reactive ketones (excluding diaryl/α,β-unsaturated/α-hetero) is 2. The van der Waals surface area contributed by atoms with Crippen molar-refractivity contribution in [3.63, 3.8) is 0 Å². The number of cyclic esters (lactones) is 1. The van der Waals surface area contributed by atoms with Crippen molar-refractivity contribution in [1.82, 2.24) is 0 Å². The van der Waals surface area contributed by atoms with Crippen LogP contribution in [0.4, 0.5) is 0 Å². The number of ketones is 2. The molecule has 12 atom stereocenters. The van der Waals surface area contributed by atoms with E-state index in [1.54, 1.807) is 45.1 Å². The van der Waals surface area contributed by atoms with Crippen LogP contribution < -0.4 is 0 Å². The quantitative estimate of drug-likeness (QED) is 0.152. The first-order chi connectivity index (χ1) is 24.0. The Morgan fingerprint density at radius 3 is 2.39 bits per heavy atom. The molecule has 10 nitrogen and oxygen atoms in total. The number of carbonyl (C=O) groups is 3. The molecule has 1 unspecified atom stereocenters. The summed E-state index contributed by atoms with van der Waals surface area (Å²) in [5, 5.41) is 43.6. The predicted octanol–water partition coefficient (Wildman–Crippen LogP) is 5.42. The van der Waals surface area contributed by atoms with E-state index in [1.807, 2.05) is 13.8 Å². The minimum atomic E-state index is -1.36. The van der Waals surface area contributed by atoms with E-state index in [4.69, 9.17) is 14.2 Å². The summed E-state index contributed by atoms with van der Waals surface area (Å²) in [5.74, 6) is -2.02. The Morgan fingerprint density at radius 2 is 1.71 bits per heavy atom. The Labute approximate surface area is 304 Å². The number of allylic oxidation sites excluding steroid dienone is 2. The van der Waals surface area contributed by atoms with Crippen LogP contribution in [0.5, 0.6) is 0 Å². The molecule has 286 valence electrons. The van der Waals surface area contributed by atoms with Gasteiger partial charge in [0, 0.05) is 31.1 Å². The first kappa shape index (κ1) is 42.7. The number of fused-ring (bicyclic) bond motifs is 4. The molecule has 3 rings (SSSR count). The largest absolute Gasteiger partial charge is 0.455 e. The molecule has 3 aliphatic heterocycles. The average molecular weight is 715 g/mol. The summed E-state index contributed by atoms with van der Waals surface area (Å²) < 4.78 is 18.3. The van der Waals surface area contributed by atoms with Gasteiger partial charge in [-0.1, -0.05) is 71.1 Å². The Balaban J connectivity index is 1.85. The highest BCUT2D eigenvalue weighted by Gasteiger charge is 2.41. The third-order valence-electron chi connectivity index (χ3n) is 10.8. The molecule has 4 bridgehead atoms. The van der Waals surface area contributed by atoms with Gasteiger partial charge in [-0.3, -0.25) is 14.4 Å². The minimum absolute atomic E-state index is 0.0230. The van der Waals surface area contributed by atoms with Crippen molar-refractivity contribution in [1.29, 1.82) is 0 Å². The number of rotatable bonds is 7. The second-order valence-corrected chi connectivity index (χ2v) is 15.2. The first-order valence-corrected chi connectivity index (χ1v) is 18.7. The fourth-order valence-corrected chi connectivity index (χ4v) is 7.01. The summed E-state index contributed by atoms with van der Waals surface area (Å²) in [6.45, 7) is 19.0. The molecule has 0 spiro atoms.